The summed E-state index contributed by atoms with van der Waals surface area (Å²) in [7, 11) is 0. The second kappa shape index (κ2) is 4.76. The molecule has 0 fully saturated rings. The minimum atomic E-state index is -0.179. The van der Waals surface area contributed by atoms with E-state index in [1.165, 1.54) is 0 Å². The summed E-state index contributed by atoms with van der Waals surface area (Å²) in [5, 5.41) is 0. The molecule has 1 aliphatic rings. The molecule has 82 valence electrons. The van der Waals surface area contributed by atoms with Gasteiger partial charge in [0.15, 0.2) is 17.3 Å². The summed E-state index contributed by atoms with van der Waals surface area (Å²) in [4.78, 5) is 0. The summed E-state index contributed by atoms with van der Waals surface area (Å²) in [6.45, 7) is 4.01. The average molecular weight is 214 g/mol. The Kier molecular flexibility index (Phi) is 3.16. The third-order valence-corrected chi connectivity index (χ3v) is 2.25. The van der Waals surface area contributed by atoms with Gasteiger partial charge in [0.2, 0.25) is 0 Å². The van der Waals surface area contributed by atoms with Crippen LogP contribution in [0.5, 0.6) is 5.75 Å². The van der Waals surface area contributed by atoms with Gasteiger partial charge in [-0.05, 0) is 31.4 Å². The Hall–Kier alpha value is -1.88. The van der Waals surface area contributed by atoms with E-state index in [9.17, 15) is 0 Å². The Labute approximate surface area is 94.9 Å². The van der Waals surface area contributed by atoms with Crippen LogP contribution in [0.2, 0.25) is 0 Å². The van der Waals surface area contributed by atoms with Gasteiger partial charge in [0.05, 0.1) is 0 Å². The molecule has 0 N–H and O–H groups in total. The second-order valence-corrected chi connectivity index (χ2v) is 3.47. The van der Waals surface area contributed by atoms with E-state index < -0.39 is 0 Å². The fraction of sp³-hybridized carbons (Fsp3) is 0.286. The molecule has 0 bridgehead atoms. The van der Waals surface area contributed by atoms with E-state index in [1.807, 2.05) is 37.3 Å². The molecule has 0 amide bonds. The Morgan fingerprint density at radius 3 is 3.06 bits per heavy atom. The molecular formula is C14H14O2. The van der Waals surface area contributed by atoms with Crippen molar-refractivity contribution in [2.24, 2.45) is 0 Å². The van der Waals surface area contributed by atoms with E-state index in [-0.39, 0.29) is 6.10 Å². The standard InChI is InChI=1S/C14H14O2/c1-3-5-6-7-8-12-10-14-13(16-12)9-11(4-2)15-14/h4-6,9-10,12H,3H2,1-2H3/b6-5+,11-4-/t12-/m1/s1. The number of ether oxygens (including phenoxy) is 1. The van der Waals surface area contributed by atoms with Crippen molar-refractivity contribution in [2.45, 2.75) is 26.4 Å². The van der Waals surface area contributed by atoms with E-state index in [4.69, 9.17) is 9.15 Å². The zero-order chi connectivity index (χ0) is 11.4. The lowest BCUT2D eigenvalue weighted by Crippen LogP contribution is -2.06. The summed E-state index contributed by atoms with van der Waals surface area (Å²) in [6.07, 6.45) is 8.49. The fourth-order valence-electron chi connectivity index (χ4n) is 1.44. The molecule has 1 aliphatic heterocycles. The molecule has 2 rings (SSSR count). The third kappa shape index (κ3) is 2.20. The summed E-state index contributed by atoms with van der Waals surface area (Å²) >= 11 is 0. The van der Waals surface area contributed by atoms with Gasteiger partial charge in [-0.25, -0.2) is 0 Å². The maximum Gasteiger partial charge on any atom is 0.182 e. The number of hydrogen-bond donors (Lipinski definition) is 0. The lowest BCUT2D eigenvalue weighted by molar-refractivity contribution is 0.328. The van der Waals surface area contributed by atoms with Crippen molar-refractivity contribution in [3.05, 3.63) is 29.0 Å². The van der Waals surface area contributed by atoms with Crippen molar-refractivity contribution in [1.82, 2.24) is 0 Å². The van der Waals surface area contributed by atoms with Crippen molar-refractivity contribution in [3.63, 3.8) is 0 Å². The van der Waals surface area contributed by atoms with Gasteiger partial charge in [-0.2, -0.15) is 0 Å². The molecule has 16 heavy (non-hydrogen) atoms. The Balaban J connectivity index is 2.15. The topological polar surface area (TPSA) is 22.4 Å². The van der Waals surface area contributed by atoms with Crippen LogP contribution in [0.3, 0.4) is 0 Å². The van der Waals surface area contributed by atoms with Gasteiger partial charge in [-0.15, -0.1) is 0 Å². The minimum absolute atomic E-state index is 0.179. The van der Waals surface area contributed by atoms with Crippen LogP contribution in [0.15, 0.2) is 22.6 Å². The zero-order valence-electron chi connectivity index (χ0n) is 9.49. The molecule has 1 atom stereocenters. The summed E-state index contributed by atoms with van der Waals surface area (Å²) < 4.78 is 11.1. The monoisotopic (exact) mass is 214 g/mol. The van der Waals surface area contributed by atoms with E-state index in [0.717, 1.165) is 23.0 Å². The maximum absolute atomic E-state index is 5.59. The fourth-order valence-corrected chi connectivity index (χ4v) is 1.44. The SMILES string of the molecule is C/C=c1/cc2c(o1)=C[C@@H](C#C/C=C/CC)O2. The van der Waals surface area contributed by atoms with E-state index in [2.05, 4.69) is 18.8 Å². The van der Waals surface area contributed by atoms with Crippen LogP contribution >= 0.6 is 0 Å². The maximum atomic E-state index is 5.59. The van der Waals surface area contributed by atoms with Crippen molar-refractivity contribution < 1.29 is 9.15 Å². The molecule has 0 aromatic carbocycles. The van der Waals surface area contributed by atoms with Gasteiger partial charge in [-0.1, -0.05) is 18.9 Å². The third-order valence-electron chi connectivity index (χ3n) is 2.25. The number of furan rings is 1. The molecule has 0 spiro atoms. The minimum Gasteiger partial charge on any atom is -0.469 e. The summed E-state index contributed by atoms with van der Waals surface area (Å²) in [5.41, 5.74) is 1.62. The highest BCUT2D eigenvalue weighted by Crippen LogP contribution is 2.10. The molecule has 0 saturated carbocycles. The van der Waals surface area contributed by atoms with Crippen molar-refractivity contribution in [2.75, 3.05) is 0 Å². The van der Waals surface area contributed by atoms with Crippen LogP contribution < -0.4 is 15.6 Å². The quantitative estimate of drug-likeness (QED) is 0.662. The molecular weight excluding hydrogens is 200 g/mol. The Bertz CT molecular complexity index is 564. The second-order valence-electron chi connectivity index (χ2n) is 3.47. The predicted molar refractivity (Wildman–Crippen MR) is 64.2 cm³/mol. The lowest BCUT2D eigenvalue weighted by Gasteiger charge is -1.99. The van der Waals surface area contributed by atoms with E-state index in [0.29, 0.717) is 0 Å². The largest absolute Gasteiger partial charge is 0.469 e. The van der Waals surface area contributed by atoms with Crippen molar-refractivity contribution in [3.8, 4) is 17.6 Å². The molecule has 0 aliphatic carbocycles. The molecule has 2 nitrogen and oxygen atoms in total. The van der Waals surface area contributed by atoms with Gasteiger partial charge in [0, 0.05) is 12.1 Å². The molecule has 2 heterocycles. The van der Waals surface area contributed by atoms with Crippen LogP contribution in [0, 0.1) is 11.8 Å². The first-order valence-corrected chi connectivity index (χ1v) is 5.44. The zero-order valence-corrected chi connectivity index (χ0v) is 9.49. The van der Waals surface area contributed by atoms with Gasteiger partial charge in [0.1, 0.15) is 5.42 Å². The normalized spacial score (nSPS) is 18.9. The van der Waals surface area contributed by atoms with Crippen LogP contribution in [-0.4, -0.2) is 6.10 Å². The molecule has 1 aromatic rings. The van der Waals surface area contributed by atoms with E-state index in [1.54, 1.807) is 0 Å². The first-order chi connectivity index (χ1) is 7.83. The van der Waals surface area contributed by atoms with Gasteiger partial charge < -0.3 is 9.15 Å². The molecule has 0 saturated heterocycles. The van der Waals surface area contributed by atoms with Gasteiger partial charge >= 0.3 is 0 Å². The van der Waals surface area contributed by atoms with Crippen LogP contribution in [0.4, 0.5) is 0 Å². The number of allylic oxidation sites excluding steroid dienone is 2. The molecule has 0 radical (unpaired) electrons. The van der Waals surface area contributed by atoms with Crippen molar-refractivity contribution >= 4 is 12.2 Å². The number of fused-ring (bicyclic) bond motifs is 1. The summed E-state index contributed by atoms with van der Waals surface area (Å²) in [6, 6.07) is 1.88. The van der Waals surface area contributed by atoms with Crippen LogP contribution in [-0.2, 0) is 0 Å². The highest BCUT2D eigenvalue weighted by atomic mass is 16.5. The van der Waals surface area contributed by atoms with Crippen LogP contribution in [0.25, 0.3) is 12.2 Å². The van der Waals surface area contributed by atoms with Crippen LogP contribution in [0.1, 0.15) is 20.3 Å². The first kappa shape index (κ1) is 10.6. The average Bonchev–Trinajstić information content (AvgIpc) is 2.81. The van der Waals surface area contributed by atoms with Gasteiger partial charge in [0.25, 0.3) is 0 Å². The lowest BCUT2D eigenvalue weighted by atomic mass is 10.3. The molecule has 1 aromatic heterocycles. The van der Waals surface area contributed by atoms with E-state index >= 15 is 0 Å². The molecule has 2 heteroatoms. The smallest absolute Gasteiger partial charge is 0.182 e. The Morgan fingerprint density at radius 2 is 2.38 bits per heavy atom. The molecule has 0 unspecified atom stereocenters. The first-order valence-electron chi connectivity index (χ1n) is 5.44. The summed E-state index contributed by atoms with van der Waals surface area (Å²) in [5.74, 6) is 6.73. The number of rotatable bonds is 1. The van der Waals surface area contributed by atoms with Gasteiger partial charge in [-0.3, -0.25) is 0 Å². The van der Waals surface area contributed by atoms with Crippen molar-refractivity contribution in [1.29, 1.82) is 0 Å². The highest BCUT2D eigenvalue weighted by Gasteiger charge is 2.15. The number of hydrogen-bond acceptors (Lipinski definition) is 2. The highest BCUT2D eigenvalue weighted by molar-refractivity contribution is 5.46. The Morgan fingerprint density at radius 1 is 1.50 bits per heavy atom. The predicted octanol–water partition coefficient (Wildman–Crippen LogP) is 1.59.